The smallest absolute Gasteiger partial charge is 0.237 e. The molecule has 2 aliphatic carbocycles. The fourth-order valence-electron chi connectivity index (χ4n) is 3.82. The Bertz CT molecular complexity index is 1040. The van der Waals surface area contributed by atoms with Gasteiger partial charge in [0.05, 0.1) is 5.25 Å². The zero-order valence-corrected chi connectivity index (χ0v) is 17.2. The van der Waals surface area contributed by atoms with Crippen molar-refractivity contribution < 1.29 is 4.79 Å². The molecule has 1 saturated carbocycles. The molecule has 2 aromatic heterocycles. The zero-order chi connectivity index (χ0) is 19.8. The van der Waals surface area contributed by atoms with Crippen molar-refractivity contribution in [1.29, 1.82) is 0 Å². The highest BCUT2D eigenvalue weighted by molar-refractivity contribution is 8.00. The lowest BCUT2D eigenvalue weighted by Gasteiger charge is -2.14. The van der Waals surface area contributed by atoms with Crippen LogP contribution in [0.3, 0.4) is 0 Å². The van der Waals surface area contributed by atoms with Crippen molar-refractivity contribution in [2.45, 2.75) is 55.5 Å². The Morgan fingerprint density at radius 3 is 2.72 bits per heavy atom. The lowest BCUT2D eigenvalue weighted by Crippen LogP contribution is -2.23. The summed E-state index contributed by atoms with van der Waals surface area (Å²) in [6.45, 7) is 1.92. The van der Waals surface area contributed by atoms with Gasteiger partial charge in [0.2, 0.25) is 5.91 Å². The van der Waals surface area contributed by atoms with Gasteiger partial charge in [-0.15, -0.1) is 10.2 Å². The molecular weight excluding hydrogens is 382 g/mol. The van der Waals surface area contributed by atoms with Crippen molar-refractivity contribution in [3.63, 3.8) is 0 Å². The largest absolute Gasteiger partial charge is 0.325 e. The maximum Gasteiger partial charge on any atom is 0.237 e. The number of fused-ring (bicyclic) bond motifs is 1. The predicted octanol–water partition coefficient (Wildman–Crippen LogP) is 4.28. The van der Waals surface area contributed by atoms with Crippen LogP contribution >= 0.6 is 11.8 Å². The van der Waals surface area contributed by atoms with Crippen LogP contribution in [0.25, 0.3) is 11.4 Å². The molecule has 7 heteroatoms. The monoisotopic (exact) mass is 405 g/mol. The van der Waals surface area contributed by atoms with Gasteiger partial charge in [-0.1, -0.05) is 17.8 Å². The maximum atomic E-state index is 12.8. The number of carbonyl (C=O) groups is 1. The molecule has 1 amide bonds. The minimum absolute atomic E-state index is 0.0104. The van der Waals surface area contributed by atoms with Crippen LogP contribution in [-0.4, -0.2) is 30.9 Å². The second-order valence-corrected chi connectivity index (χ2v) is 9.04. The Morgan fingerprint density at radius 1 is 1.14 bits per heavy atom. The van der Waals surface area contributed by atoms with Gasteiger partial charge in [-0.05, 0) is 74.4 Å². The maximum absolute atomic E-state index is 12.8. The average Bonchev–Trinajstić information content (AvgIpc) is 3.32. The molecule has 1 fully saturated rings. The van der Waals surface area contributed by atoms with E-state index in [2.05, 4.69) is 37.2 Å². The van der Waals surface area contributed by atoms with E-state index in [-0.39, 0.29) is 11.2 Å². The number of aryl methyl sites for hydroxylation is 2. The van der Waals surface area contributed by atoms with E-state index < -0.39 is 0 Å². The number of aromatic nitrogens is 4. The van der Waals surface area contributed by atoms with E-state index in [0.717, 1.165) is 47.9 Å². The first-order chi connectivity index (χ1) is 14.2. The third kappa shape index (κ3) is 3.79. The Hall–Kier alpha value is -2.67. The number of amides is 1. The predicted molar refractivity (Wildman–Crippen MR) is 114 cm³/mol. The van der Waals surface area contributed by atoms with Crippen LogP contribution in [0.5, 0.6) is 0 Å². The molecule has 1 N–H and O–H groups in total. The third-order valence-electron chi connectivity index (χ3n) is 5.53. The number of rotatable bonds is 6. The molecular formula is C22H23N5OS. The van der Waals surface area contributed by atoms with Gasteiger partial charge in [0.1, 0.15) is 0 Å². The highest BCUT2D eigenvalue weighted by atomic mass is 32.2. The number of carbonyl (C=O) groups excluding carboxylic acids is 1. The molecule has 5 rings (SSSR count). The van der Waals surface area contributed by atoms with Crippen molar-refractivity contribution in [2.24, 2.45) is 0 Å². The Morgan fingerprint density at radius 2 is 1.93 bits per heavy atom. The quantitative estimate of drug-likeness (QED) is 0.620. The SMILES string of the molecule is CC(Sc1nnc(-c2ccncc2)n1C1CC1)C(=O)Nc1ccc2c(c1)CCC2. The van der Waals surface area contributed by atoms with Gasteiger partial charge in [0.25, 0.3) is 0 Å². The molecule has 3 aromatic rings. The summed E-state index contributed by atoms with van der Waals surface area (Å²) in [5, 5.41) is 12.4. The number of anilines is 1. The summed E-state index contributed by atoms with van der Waals surface area (Å²) < 4.78 is 2.18. The Balaban J connectivity index is 1.32. The molecule has 1 atom stereocenters. The molecule has 1 unspecified atom stereocenters. The number of nitrogens with zero attached hydrogens (tertiary/aromatic N) is 4. The zero-order valence-electron chi connectivity index (χ0n) is 16.3. The van der Waals surface area contributed by atoms with Crippen molar-refractivity contribution in [2.75, 3.05) is 5.32 Å². The number of thioether (sulfide) groups is 1. The lowest BCUT2D eigenvalue weighted by molar-refractivity contribution is -0.115. The molecule has 0 radical (unpaired) electrons. The minimum atomic E-state index is -0.268. The van der Waals surface area contributed by atoms with E-state index in [1.807, 2.05) is 25.1 Å². The van der Waals surface area contributed by atoms with Crippen molar-refractivity contribution in [1.82, 2.24) is 19.7 Å². The van der Waals surface area contributed by atoms with E-state index in [1.54, 1.807) is 12.4 Å². The second-order valence-electron chi connectivity index (χ2n) is 7.73. The standard InChI is InChI=1S/C22H23N5OS/c1-14(21(28)24-18-6-5-15-3-2-4-17(15)13-18)29-22-26-25-20(27(22)19-7-8-19)16-9-11-23-12-10-16/h5-6,9-14,19H,2-4,7-8H2,1H3,(H,24,28). The summed E-state index contributed by atoms with van der Waals surface area (Å²) >= 11 is 1.47. The summed E-state index contributed by atoms with van der Waals surface area (Å²) in [4.78, 5) is 16.9. The van der Waals surface area contributed by atoms with Crippen LogP contribution < -0.4 is 5.32 Å². The van der Waals surface area contributed by atoms with Crippen molar-refractivity contribution >= 4 is 23.4 Å². The highest BCUT2D eigenvalue weighted by Gasteiger charge is 2.31. The average molecular weight is 406 g/mol. The van der Waals surface area contributed by atoms with Crippen LogP contribution in [-0.2, 0) is 17.6 Å². The summed E-state index contributed by atoms with van der Waals surface area (Å²) in [6.07, 6.45) is 9.23. The normalized spacial score (nSPS) is 16.4. The van der Waals surface area contributed by atoms with E-state index in [0.29, 0.717) is 6.04 Å². The molecule has 0 bridgehead atoms. The highest BCUT2D eigenvalue weighted by Crippen LogP contribution is 2.41. The fraction of sp³-hybridized carbons (Fsp3) is 0.364. The molecule has 2 aliphatic rings. The molecule has 29 heavy (non-hydrogen) atoms. The summed E-state index contributed by atoms with van der Waals surface area (Å²) in [6, 6.07) is 10.6. The topological polar surface area (TPSA) is 72.7 Å². The van der Waals surface area contributed by atoms with Gasteiger partial charge in [0.15, 0.2) is 11.0 Å². The molecule has 6 nitrogen and oxygen atoms in total. The number of hydrogen-bond acceptors (Lipinski definition) is 5. The number of nitrogens with one attached hydrogen (secondary N) is 1. The van der Waals surface area contributed by atoms with Gasteiger partial charge in [-0.2, -0.15) is 0 Å². The summed E-state index contributed by atoms with van der Waals surface area (Å²) in [5.41, 5.74) is 4.65. The van der Waals surface area contributed by atoms with Crippen LogP contribution in [0, 0.1) is 0 Å². The molecule has 2 heterocycles. The van der Waals surface area contributed by atoms with Crippen LogP contribution in [0.2, 0.25) is 0 Å². The third-order valence-corrected chi connectivity index (χ3v) is 6.59. The summed E-state index contributed by atoms with van der Waals surface area (Å²) in [5.74, 6) is 0.840. The molecule has 0 spiro atoms. The number of hydrogen-bond donors (Lipinski definition) is 1. The molecule has 148 valence electrons. The van der Waals surface area contributed by atoms with Crippen LogP contribution in [0.4, 0.5) is 5.69 Å². The van der Waals surface area contributed by atoms with Gasteiger partial charge in [-0.3, -0.25) is 14.3 Å². The van der Waals surface area contributed by atoms with Gasteiger partial charge in [0, 0.05) is 29.7 Å². The second kappa shape index (κ2) is 7.63. The van der Waals surface area contributed by atoms with Crippen LogP contribution in [0.15, 0.2) is 47.9 Å². The van der Waals surface area contributed by atoms with Crippen molar-refractivity contribution in [3.05, 3.63) is 53.9 Å². The van der Waals surface area contributed by atoms with Gasteiger partial charge >= 0.3 is 0 Å². The first-order valence-corrected chi connectivity index (χ1v) is 11.0. The van der Waals surface area contributed by atoms with Gasteiger partial charge < -0.3 is 5.32 Å². The molecule has 0 aliphatic heterocycles. The van der Waals surface area contributed by atoms with Crippen LogP contribution in [0.1, 0.15) is 43.4 Å². The van der Waals surface area contributed by atoms with E-state index >= 15 is 0 Å². The molecule has 0 saturated heterocycles. The first kappa shape index (κ1) is 18.4. The molecule has 1 aromatic carbocycles. The summed E-state index contributed by atoms with van der Waals surface area (Å²) in [7, 11) is 0. The number of benzene rings is 1. The minimum Gasteiger partial charge on any atom is -0.325 e. The fourth-order valence-corrected chi connectivity index (χ4v) is 4.74. The van der Waals surface area contributed by atoms with Crippen molar-refractivity contribution in [3.8, 4) is 11.4 Å². The van der Waals surface area contributed by atoms with E-state index in [9.17, 15) is 4.79 Å². The van der Waals surface area contributed by atoms with E-state index in [4.69, 9.17) is 0 Å². The van der Waals surface area contributed by atoms with E-state index in [1.165, 1.54) is 29.3 Å². The lowest BCUT2D eigenvalue weighted by atomic mass is 10.1. The Labute approximate surface area is 174 Å². The number of pyridine rings is 1. The Kier molecular flexibility index (Phi) is 4.83. The van der Waals surface area contributed by atoms with Gasteiger partial charge in [-0.25, -0.2) is 0 Å². The first-order valence-electron chi connectivity index (χ1n) is 10.1.